The summed E-state index contributed by atoms with van der Waals surface area (Å²) in [4.78, 5) is 4.46. The summed E-state index contributed by atoms with van der Waals surface area (Å²) in [7, 11) is 0. The molecule has 1 aromatic heterocycles. The molecule has 1 N–H and O–H groups in total. The van der Waals surface area contributed by atoms with E-state index in [0.717, 1.165) is 12.5 Å². The van der Waals surface area contributed by atoms with Crippen LogP contribution >= 0.6 is 0 Å². The molecular weight excluding hydrogens is 148 g/mol. The highest BCUT2D eigenvalue weighted by Gasteiger charge is 2.36. The summed E-state index contributed by atoms with van der Waals surface area (Å²) in [5.74, 6) is 1.54. The molecule has 1 saturated heterocycles. The van der Waals surface area contributed by atoms with Gasteiger partial charge >= 0.3 is 0 Å². The van der Waals surface area contributed by atoms with Crippen LogP contribution in [0.1, 0.15) is 17.2 Å². The van der Waals surface area contributed by atoms with Crippen molar-refractivity contribution in [2.45, 2.75) is 12.3 Å². The summed E-state index contributed by atoms with van der Waals surface area (Å²) in [6.07, 6.45) is 3.15. The molecule has 0 unspecified atom stereocenters. The first-order chi connectivity index (χ1) is 5.95. The minimum atomic E-state index is 0.709. The van der Waals surface area contributed by atoms with Crippen LogP contribution in [0.4, 0.5) is 0 Å². The highest BCUT2D eigenvalue weighted by molar-refractivity contribution is 5.32. The van der Waals surface area contributed by atoms with E-state index in [9.17, 15) is 0 Å². The summed E-state index contributed by atoms with van der Waals surface area (Å²) in [5, 5.41) is 3.43. The van der Waals surface area contributed by atoms with Crippen LogP contribution in [-0.2, 0) is 6.42 Å². The number of nitrogens with one attached hydrogen (secondary N) is 1. The Morgan fingerprint density at radius 1 is 1.42 bits per heavy atom. The van der Waals surface area contributed by atoms with Gasteiger partial charge in [-0.3, -0.25) is 4.98 Å². The largest absolute Gasteiger partial charge is 0.316 e. The normalized spacial score (nSPS) is 31.7. The fraction of sp³-hybridized carbons (Fsp3) is 0.500. The third-order valence-electron chi connectivity index (χ3n) is 3.10. The summed E-state index contributed by atoms with van der Waals surface area (Å²) < 4.78 is 0. The van der Waals surface area contributed by atoms with Crippen molar-refractivity contribution in [3.8, 4) is 0 Å². The maximum atomic E-state index is 4.46. The van der Waals surface area contributed by atoms with E-state index in [1.807, 2.05) is 12.3 Å². The lowest BCUT2D eigenvalue weighted by Crippen LogP contribution is -2.10. The lowest BCUT2D eigenvalue weighted by molar-refractivity contribution is 0.559. The number of fused-ring (bicyclic) bond motifs is 3. The number of aromatic nitrogens is 1. The van der Waals surface area contributed by atoms with Crippen molar-refractivity contribution in [3.63, 3.8) is 0 Å². The van der Waals surface area contributed by atoms with Gasteiger partial charge in [0.15, 0.2) is 0 Å². The zero-order valence-corrected chi connectivity index (χ0v) is 6.96. The van der Waals surface area contributed by atoms with Gasteiger partial charge in [0, 0.05) is 24.4 Å². The van der Waals surface area contributed by atoms with Gasteiger partial charge in [-0.25, -0.2) is 0 Å². The monoisotopic (exact) mass is 160 g/mol. The molecular formula is C10H12N2. The van der Waals surface area contributed by atoms with Gasteiger partial charge < -0.3 is 5.32 Å². The molecule has 1 aliphatic heterocycles. The van der Waals surface area contributed by atoms with Crippen molar-refractivity contribution in [2.75, 3.05) is 13.1 Å². The van der Waals surface area contributed by atoms with E-state index in [0.29, 0.717) is 5.92 Å². The van der Waals surface area contributed by atoms with Crippen LogP contribution in [0.2, 0.25) is 0 Å². The molecule has 2 nitrogen and oxygen atoms in total. The van der Waals surface area contributed by atoms with Gasteiger partial charge in [-0.05, 0) is 30.5 Å². The zero-order chi connectivity index (χ0) is 7.97. The molecule has 3 rings (SSSR count). The number of pyridine rings is 1. The average Bonchev–Trinajstić information content (AvgIpc) is 2.62. The Morgan fingerprint density at radius 2 is 2.42 bits per heavy atom. The highest BCUT2D eigenvalue weighted by atomic mass is 14.9. The summed E-state index contributed by atoms with van der Waals surface area (Å²) in [5.41, 5.74) is 2.83. The maximum absolute atomic E-state index is 4.46. The van der Waals surface area contributed by atoms with Crippen molar-refractivity contribution in [3.05, 3.63) is 29.6 Å². The lowest BCUT2D eigenvalue weighted by atomic mass is 9.99. The lowest BCUT2D eigenvalue weighted by Gasteiger charge is -2.05. The topological polar surface area (TPSA) is 24.9 Å². The number of rotatable bonds is 0. The summed E-state index contributed by atoms with van der Waals surface area (Å²) in [6, 6.07) is 4.27. The van der Waals surface area contributed by atoms with Crippen molar-refractivity contribution in [2.24, 2.45) is 5.92 Å². The van der Waals surface area contributed by atoms with Gasteiger partial charge in [0.2, 0.25) is 0 Å². The molecule has 2 aliphatic rings. The van der Waals surface area contributed by atoms with Crippen LogP contribution in [0.3, 0.4) is 0 Å². The third kappa shape index (κ3) is 0.758. The van der Waals surface area contributed by atoms with Gasteiger partial charge in [0.25, 0.3) is 0 Å². The molecule has 2 heterocycles. The first-order valence-corrected chi connectivity index (χ1v) is 4.59. The van der Waals surface area contributed by atoms with Crippen LogP contribution in [0.15, 0.2) is 18.3 Å². The number of hydrogen-bond donors (Lipinski definition) is 1. The van der Waals surface area contributed by atoms with Crippen LogP contribution in [0, 0.1) is 5.92 Å². The standard InChI is InChI=1S/C10H12N2/c1-2-7-4-8-5-11-6-9(8)10(7)12-3-1/h1-3,8-9,11H,4-6H2/t8-,9-/m1/s1. The van der Waals surface area contributed by atoms with E-state index in [2.05, 4.69) is 16.4 Å². The summed E-state index contributed by atoms with van der Waals surface area (Å²) in [6.45, 7) is 2.32. The minimum absolute atomic E-state index is 0.709. The SMILES string of the molecule is c1cnc2c(c1)C[C@@H]1CNC[C@@H]21. The Kier molecular flexibility index (Phi) is 1.27. The molecule has 0 amide bonds. The average molecular weight is 160 g/mol. The minimum Gasteiger partial charge on any atom is -0.316 e. The molecule has 2 heteroatoms. The molecule has 0 spiro atoms. The Balaban J connectivity index is 2.09. The van der Waals surface area contributed by atoms with E-state index in [4.69, 9.17) is 0 Å². The second-order valence-electron chi connectivity index (χ2n) is 3.78. The molecule has 2 atom stereocenters. The van der Waals surface area contributed by atoms with Crippen molar-refractivity contribution in [1.82, 2.24) is 10.3 Å². The van der Waals surface area contributed by atoms with Crippen LogP contribution in [-0.4, -0.2) is 18.1 Å². The Hall–Kier alpha value is -0.890. The van der Waals surface area contributed by atoms with E-state index >= 15 is 0 Å². The number of nitrogens with zero attached hydrogens (tertiary/aromatic N) is 1. The first-order valence-electron chi connectivity index (χ1n) is 4.59. The van der Waals surface area contributed by atoms with Crippen molar-refractivity contribution < 1.29 is 0 Å². The molecule has 62 valence electrons. The van der Waals surface area contributed by atoms with Crippen molar-refractivity contribution in [1.29, 1.82) is 0 Å². The van der Waals surface area contributed by atoms with Gasteiger partial charge in [0.1, 0.15) is 0 Å². The van der Waals surface area contributed by atoms with Crippen LogP contribution in [0.5, 0.6) is 0 Å². The molecule has 1 aliphatic carbocycles. The molecule has 0 aromatic carbocycles. The quantitative estimate of drug-likeness (QED) is 0.611. The maximum Gasteiger partial charge on any atom is 0.0482 e. The second-order valence-corrected chi connectivity index (χ2v) is 3.78. The molecule has 0 radical (unpaired) electrons. The molecule has 1 fully saturated rings. The van der Waals surface area contributed by atoms with E-state index < -0.39 is 0 Å². The van der Waals surface area contributed by atoms with Crippen LogP contribution in [0.25, 0.3) is 0 Å². The van der Waals surface area contributed by atoms with Gasteiger partial charge in [0.05, 0.1) is 0 Å². The smallest absolute Gasteiger partial charge is 0.0482 e. The van der Waals surface area contributed by atoms with Gasteiger partial charge in [-0.1, -0.05) is 6.07 Å². The van der Waals surface area contributed by atoms with E-state index in [1.165, 1.54) is 24.2 Å². The fourth-order valence-corrected chi connectivity index (χ4v) is 2.51. The molecule has 0 saturated carbocycles. The van der Waals surface area contributed by atoms with Gasteiger partial charge in [-0.2, -0.15) is 0 Å². The molecule has 12 heavy (non-hydrogen) atoms. The first kappa shape index (κ1) is 6.61. The predicted octanol–water partition coefficient (Wildman–Crippen LogP) is 0.941. The highest BCUT2D eigenvalue weighted by Crippen LogP contribution is 2.38. The Morgan fingerprint density at radius 3 is 3.42 bits per heavy atom. The third-order valence-corrected chi connectivity index (χ3v) is 3.10. The Labute approximate surface area is 72.0 Å². The van der Waals surface area contributed by atoms with Crippen molar-refractivity contribution >= 4 is 0 Å². The summed E-state index contributed by atoms with van der Waals surface area (Å²) >= 11 is 0. The molecule has 0 bridgehead atoms. The van der Waals surface area contributed by atoms with Gasteiger partial charge in [-0.15, -0.1) is 0 Å². The van der Waals surface area contributed by atoms with E-state index in [-0.39, 0.29) is 0 Å². The molecule has 1 aromatic rings. The predicted molar refractivity (Wildman–Crippen MR) is 47.0 cm³/mol. The van der Waals surface area contributed by atoms with E-state index in [1.54, 1.807) is 0 Å². The zero-order valence-electron chi connectivity index (χ0n) is 6.96. The fourth-order valence-electron chi connectivity index (χ4n) is 2.51. The van der Waals surface area contributed by atoms with Crippen LogP contribution < -0.4 is 5.32 Å². The second kappa shape index (κ2) is 2.30. The Bertz CT molecular complexity index is 308. The number of hydrogen-bond acceptors (Lipinski definition) is 2.